The maximum absolute atomic E-state index is 5.63. The largest absolute Gasteiger partial charge is 0.383 e. The molecular weight excluding hydrogens is 280 g/mol. The Morgan fingerprint density at radius 2 is 2.18 bits per heavy atom. The number of methoxy groups -OCH3 is 1. The summed E-state index contributed by atoms with van der Waals surface area (Å²) in [5, 5.41) is 0. The van der Waals surface area contributed by atoms with Crippen LogP contribution in [0.3, 0.4) is 0 Å². The fourth-order valence-electron chi connectivity index (χ4n) is 1.96. The van der Waals surface area contributed by atoms with Gasteiger partial charge < -0.3 is 15.4 Å². The Morgan fingerprint density at radius 1 is 1.47 bits per heavy atom. The maximum atomic E-state index is 5.63. The van der Waals surface area contributed by atoms with E-state index in [0.717, 1.165) is 23.2 Å². The van der Waals surface area contributed by atoms with Gasteiger partial charge in [0.1, 0.15) is 0 Å². The number of ether oxygens (including phenoxy) is 1. The monoisotopic (exact) mass is 300 g/mol. The Balaban J connectivity index is 2.95. The van der Waals surface area contributed by atoms with E-state index in [1.807, 2.05) is 0 Å². The van der Waals surface area contributed by atoms with Crippen molar-refractivity contribution in [3.63, 3.8) is 0 Å². The predicted molar refractivity (Wildman–Crippen MR) is 76.4 cm³/mol. The van der Waals surface area contributed by atoms with Crippen molar-refractivity contribution in [1.82, 2.24) is 0 Å². The van der Waals surface area contributed by atoms with Crippen molar-refractivity contribution in [1.29, 1.82) is 0 Å². The van der Waals surface area contributed by atoms with E-state index >= 15 is 0 Å². The molecule has 0 amide bonds. The molecule has 3 nitrogen and oxygen atoms in total. The molecule has 1 aromatic carbocycles. The van der Waals surface area contributed by atoms with Crippen LogP contribution in [-0.2, 0) is 11.3 Å². The minimum Gasteiger partial charge on any atom is -0.383 e. The van der Waals surface area contributed by atoms with Crippen molar-refractivity contribution in [2.45, 2.75) is 26.4 Å². The van der Waals surface area contributed by atoms with Gasteiger partial charge in [-0.1, -0.05) is 6.07 Å². The molecule has 0 saturated heterocycles. The molecule has 0 saturated carbocycles. The third-order valence-corrected chi connectivity index (χ3v) is 3.47. The van der Waals surface area contributed by atoms with E-state index in [9.17, 15) is 0 Å². The highest BCUT2D eigenvalue weighted by atomic mass is 79.9. The Bertz CT molecular complexity index is 357. The molecule has 0 heterocycles. The quantitative estimate of drug-likeness (QED) is 0.878. The van der Waals surface area contributed by atoms with Crippen LogP contribution in [0.25, 0.3) is 0 Å². The minimum absolute atomic E-state index is 0.352. The molecule has 0 aliphatic heterocycles. The highest BCUT2D eigenvalue weighted by molar-refractivity contribution is 9.10. The molecule has 2 N–H and O–H groups in total. The topological polar surface area (TPSA) is 38.5 Å². The molecule has 1 rings (SSSR count). The summed E-state index contributed by atoms with van der Waals surface area (Å²) in [7, 11) is 1.73. The first kappa shape index (κ1) is 14.5. The molecule has 0 radical (unpaired) electrons. The molecular formula is C13H21BrN2O. The van der Waals surface area contributed by atoms with Gasteiger partial charge in [-0.15, -0.1) is 0 Å². The number of anilines is 1. The Kier molecular flexibility index (Phi) is 5.95. The molecule has 0 fully saturated rings. The van der Waals surface area contributed by atoms with Gasteiger partial charge in [-0.3, -0.25) is 0 Å². The van der Waals surface area contributed by atoms with Gasteiger partial charge in [-0.25, -0.2) is 0 Å². The SMILES string of the molecule is CCN(c1ccc(CN)cc1Br)C(C)COC. The van der Waals surface area contributed by atoms with Gasteiger partial charge in [0, 0.05) is 30.7 Å². The van der Waals surface area contributed by atoms with Gasteiger partial charge in [-0.05, 0) is 47.5 Å². The third kappa shape index (κ3) is 3.69. The summed E-state index contributed by atoms with van der Waals surface area (Å²) in [6.07, 6.45) is 0. The van der Waals surface area contributed by atoms with Gasteiger partial charge in [0.05, 0.1) is 12.3 Å². The van der Waals surface area contributed by atoms with E-state index < -0.39 is 0 Å². The average Bonchev–Trinajstić information content (AvgIpc) is 2.32. The lowest BCUT2D eigenvalue weighted by atomic mass is 10.1. The molecule has 1 unspecified atom stereocenters. The number of likely N-dealkylation sites (N-methyl/N-ethyl adjacent to an activating group) is 1. The smallest absolute Gasteiger partial charge is 0.0663 e. The lowest BCUT2D eigenvalue weighted by Gasteiger charge is -2.30. The number of rotatable bonds is 6. The van der Waals surface area contributed by atoms with Crippen LogP contribution in [0.1, 0.15) is 19.4 Å². The van der Waals surface area contributed by atoms with Crippen molar-refractivity contribution in [3.05, 3.63) is 28.2 Å². The number of hydrogen-bond acceptors (Lipinski definition) is 3. The zero-order valence-electron chi connectivity index (χ0n) is 10.7. The van der Waals surface area contributed by atoms with Crippen molar-refractivity contribution < 1.29 is 4.74 Å². The van der Waals surface area contributed by atoms with Crippen LogP contribution in [0.15, 0.2) is 22.7 Å². The second kappa shape index (κ2) is 6.99. The summed E-state index contributed by atoms with van der Waals surface area (Å²) in [5.41, 5.74) is 7.95. The lowest BCUT2D eigenvalue weighted by Crippen LogP contribution is -2.36. The van der Waals surface area contributed by atoms with Crippen LogP contribution in [0.4, 0.5) is 5.69 Å². The lowest BCUT2D eigenvalue weighted by molar-refractivity contribution is 0.182. The predicted octanol–water partition coefficient (Wildman–Crippen LogP) is 2.77. The molecule has 0 aliphatic carbocycles. The van der Waals surface area contributed by atoms with E-state index in [-0.39, 0.29) is 0 Å². The molecule has 1 aromatic rings. The van der Waals surface area contributed by atoms with Gasteiger partial charge >= 0.3 is 0 Å². The highest BCUT2D eigenvalue weighted by Gasteiger charge is 2.15. The summed E-state index contributed by atoms with van der Waals surface area (Å²) in [6, 6.07) is 6.62. The van der Waals surface area contributed by atoms with E-state index in [4.69, 9.17) is 10.5 Å². The number of hydrogen-bond donors (Lipinski definition) is 1. The van der Waals surface area contributed by atoms with E-state index in [0.29, 0.717) is 12.6 Å². The fraction of sp³-hybridized carbons (Fsp3) is 0.538. The van der Waals surface area contributed by atoms with E-state index in [1.54, 1.807) is 7.11 Å². The Hall–Kier alpha value is -0.580. The van der Waals surface area contributed by atoms with Gasteiger partial charge in [0.15, 0.2) is 0 Å². The minimum atomic E-state index is 0.352. The molecule has 96 valence electrons. The van der Waals surface area contributed by atoms with Crippen molar-refractivity contribution in [3.8, 4) is 0 Å². The van der Waals surface area contributed by atoms with Gasteiger partial charge in [0.2, 0.25) is 0 Å². The number of nitrogens with two attached hydrogens (primary N) is 1. The fourth-order valence-corrected chi connectivity index (χ4v) is 2.61. The van der Waals surface area contributed by atoms with Crippen LogP contribution in [0.5, 0.6) is 0 Å². The van der Waals surface area contributed by atoms with Gasteiger partial charge in [0.25, 0.3) is 0 Å². The van der Waals surface area contributed by atoms with Gasteiger partial charge in [-0.2, -0.15) is 0 Å². The first-order chi connectivity index (χ1) is 8.13. The first-order valence-electron chi connectivity index (χ1n) is 5.88. The van der Waals surface area contributed by atoms with Crippen LogP contribution >= 0.6 is 15.9 Å². The maximum Gasteiger partial charge on any atom is 0.0663 e. The standard InChI is InChI=1S/C13H21BrN2O/c1-4-16(10(2)9-17-3)13-6-5-11(8-15)7-12(13)14/h5-7,10H,4,8-9,15H2,1-3H3. The van der Waals surface area contributed by atoms with Crippen molar-refractivity contribution in [2.75, 3.05) is 25.2 Å². The summed E-state index contributed by atoms with van der Waals surface area (Å²) in [6.45, 7) is 6.55. The number of benzene rings is 1. The second-order valence-corrected chi connectivity index (χ2v) is 4.93. The summed E-state index contributed by atoms with van der Waals surface area (Å²) in [5.74, 6) is 0. The highest BCUT2D eigenvalue weighted by Crippen LogP contribution is 2.28. The molecule has 0 aliphatic rings. The normalized spacial score (nSPS) is 12.5. The molecule has 1 atom stereocenters. The molecule has 4 heteroatoms. The van der Waals surface area contributed by atoms with Crippen LogP contribution in [-0.4, -0.2) is 26.3 Å². The van der Waals surface area contributed by atoms with Crippen LogP contribution < -0.4 is 10.6 Å². The Labute approximate surface area is 112 Å². The zero-order valence-corrected chi connectivity index (χ0v) is 12.3. The second-order valence-electron chi connectivity index (χ2n) is 4.08. The zero-order chi connectivity index (χ0) is 12.8. The number of halogens is 1. The molecule has 0 aromatic heterocycles. The first-order valence-corrected chi connectivity index (χ1v) is 6.67. The summed E-state index contributed by atoms with van der Waals surface area (Å²) in [4.78, 5) is 2.31. The summed E-state index contributed by atoms with van der Waals surface area (Å²) >= 11 is 3.61. The third-order valence-electron chi connectivity index (χ3n) is 2.84. The van der Waals surface area contributed by atoms with Crippen LogP contribution in [0.2, 0.25) is 0 Å². The summed E-state index contributed by atoms with van der Waals surface area (Å²) < 4.78 is 6.30. The van der Waals surface area contributed by atoms with Crippen molar-refractivity contribution >= 4 is 21.6 Å². The number of nitrogens with zero attached hydrogens (tertiary/aromatic N) is 1. The average molecular weight is 301 g/mol. The van der Waals surface area contributed by atoms with E-state index in [1.165, 1.54) is 5.69 Å². The molecule has 0 spiro atoms. The van der Waals surface area contributed by atoms with Crippen LogP contribution in [0, 0.1) is 0 Å². The molecule has 0 bridgehead atoms. The Morgan fingerprint density at radius 3 is 2.65 bits per heavy atom. The molecule has 17 heavy (non-hydrogen) atoms. The van der Waals surface area contributed by atoms with E-state index in [2.05, 4.69) is 52.9 Å². The van der Waals surface area contributed by atoms with Crippen molar-refractivity contribution in [2.24, 2.45) is 5.73 Å².